The number of carbonyl (C=O) groups is 1. The molecule has 6 heteroatoms. The monoisotopic (exact) mass is 358 g/mol. The Morgan fingerprint density at radius 1 is 1.33 bits per heavy atom. The second kappa shape index (κ2) is 5.76. The lowest BCUT2D eigenvalue weighted by Gasteiger charge is -2.14. The topological polar surface area (TPSA) is 55.1 Å². The van der Waals surface area contributed by atoms with Crippen LogP contribution in [0.4, 0.5) is 5.69 Å². The van der Waals surface area contributed by atoms with Crippen LogP contribution in [0.15, 0.2) is 46.3 Å². The van der Waals surface area contributed by atoms with E-state index in [2.05, 4.69) is 10.5 Å². The molecule has 0 atom stereocenters. The molecule has 4 rings (SSSR count). The van der Waals surface area contributed by atoms with E-state index in [9.17, 15) is 4.79 Å². The molecular formula is C18H15ClN2O2S. The quantitative estimate of drug-likeness (QED) is 0.711. The van der Waals surface area contributed by atoms with Crippen molar-refractivity contribution in [3.8, 4) is 10.6 Å². The van der Waals surface area contributed by atoms with Crippen molar-refractivity contribution in [1.82, 2.24) is 5.16 Å². The van der Waals surface area contributed by atoms with E-state index in [1.54, 1.807) is 17.4 Å². The minimum Gasteiger partial charge on any atom is -0.355 e. The molecule has 0 spiro atoms. The van der Waals surface area contributed by atoms with Crippen molar-refractivity contribution in [1.29, 1.82) is 0 Å². The van der Waals surface area contributed by atoms with E-state index in [1.165, 1.54) is 0 Å². The fraction of sp³-hybridized carbons (Fsp3) is 0.222. The number of thiophene rings is 1. The first-order valence-electron chi connectivity index (χ1n) is 7.67. The Balaban J connectivity index is 1.59. The highest BCUT2D eigenvalue weighted by Gasteiger charge is 2.54. The van der Waals surface area contributed by atoms with E-state index >= 15 is 0 Å². The van der Waals surface area contributed by atoms with Crippen LogP contribution >= 0.6 is 22.9 Å². The summed E-state index contributed by atoms with van der Waals surface area (Å²) in [6.45, 7) is 1.94. The van der Waals surface area contributed by atoms with Gasteiger partial charge in [0.2, 0.25) is 5.91 Å². The summed E-state index contributed by atoms with van der Waals surface area (Å²) in [6.07, 6.45) is 1.55. The van der Waals surface area contributed by atoms with Crippen molar-refractivity contribution in [3.63, 3.8) is 0 Å². The van der Waals surface area contributed by atoms with Gasteiger partial charge in [-0.25, -0.2) is 0 Å². The molecular weight excluding hydrogens is 344 g/mol. The average molecular weight is 359 g/mol. The van der Waals surface area contributed by atoms with E-state index in [0.717, 1.165) is 29.0 Å². The second-order valence-electron chi connectivity index (χ2n) is 6.05. The van der Waals surface area contributed by atoms with Crippen molar-refractivity contribution in [2.45, 2.75) is 25.2 Å². The van der Waals surface area contributed by atoms with Crippen molar-refractivity contribution in [2.75, 3.05) is 5.32 Å². The summed E-state index contributed by atoms with van der Waals surface area (Å²) in [5.41, 5.74) is 1.82. The Morgan fingerprint density at radius 3 is 2.88 bits per heavy atom. The standard InChI is InChI=1S/C18H15ClN2O2S/c1-11-4-5-12(19)9-13(11)20-17(22)18(6-7-18)16-10-14(23-21-16)15-3-2-8-24-15/h2-5,8-10H,6-7H2,1H3,(H,20,22). The van der Waals surface area contributed by atoms with Gasteiger partial charge in [-0.15, -0.1) is 11.3 Å². The van der Waals surface area contributed by atoms with Crippen molar-refractivity contribution in [3.05, 3.63) is 58.1 Å². The van der Waals surface area contributed by atoms with Crippen LogP contribution in [0.25, 0.3) is 10.6 Å². The van der Waals surface area contributed by atoms with Gasteiger partial charge in [-0.3, -0.25) is 4.79 Å². The third-order valence-electron chi connectivity index (χ3n) is 4.40. The molecule has 2 aromatic heterocycles. The van der Waals surface area contributed by atoms with E-state index < -0.39 is 5.41 Å². The highest BCUT2D eigenvalue weighted by atomic mass is 35.5. The summed E-state index contributed by atoms with van der Waals surface area (Å²) in [7, 11) is 0. The van der Waals surface area contributed by atoms with E-state index in [-0.39, 0.29) is 5.91 Å². The van der Waals surface area contributed by atoms with Crippen LogP contribution < -0.4 is 5.32 Å². The first-order chi connectivity index (χ1) is 11.6. The SMILES string of the molecule is Cc1ccc(Cl)cc1NC(=O)C1(c2cc(-c3cccs3)on2)CC1. The number of nitrogens with one attached hydrogen (secondary N) is 1. The van der Waals surface area contributed by atoms with Gasteiger partial charge in [0.05, 0.1) is 16.0 Å². The van der Waals surface area contributed by atoms with Crippen LogP contribution in [0, 0.1) is 6.92 Å². The zero-order chi connectivity index (χ0) is 16.7. The molecule has 122 valence electrons. The number of hydrogen-bond acceptors (Lipinski definition) is 4. The fourth-order valence-corrected chi connectivity index (χ4v) is 3.58. The molecule has 1 fully saturated rings. The number of amides is 1. The number of rotatable bonds is 4. The molecule has 24 heavy (non-hydrogen) atoms. The lowest BCUT2D eigenvalue weighted by Crippen LogP contribution is -2.28. The molecule has 0 radical (unpaired) electrons. The predicted octanol–water partition coefficient (Wildman–Crippen LogP) is 5.04. The molecule has 1 saturated carbocycles. The number of hydrogen-bond donors (Lipinski definition) is 1. The van der Waals surface area contributed by atoms with Crippen LogP contribution in [-0.4, -0.2) is 11.1 Å². The van der Waals surface area contributed by atoms with Crippen LogP contribution in [0.3, 0.4) is 0 Å². The van der Waals surface area contributed by atoms with Crippen molar-refractivity contribution < 1.29 is 9.32 Å². The van der Waals surface area contributed by atoms with Gasteiger partial charge in [0.1, 0.15) is 0 Å². The van der Waals surface area contributed by atoms with Gasteiger partial charge in [-0.1, -0.05) is 28.9 Å². The van der Waals surface area contributed by atoms with E-state index in [4.69, 9.17) is 16.1 Å². The first-order valence-corrected chi connectivity index (χ1v) is 8.93. The van der Waals surface area contributed by atoms with E-state index in [1.807, 2.05) is 42.6 Å². The summed E-state index contributed by atoms with van der Waals surface area (Å²) >= 11 is 7.62. The largest absolute Gasteiger partial charge is 0.355 e. The number of aromatic nitrogens is 1. The Bertz CT molecular complexity index is 898. The summed E-state index contributed by atoms with van der Waals surface area (Å²) in [5, 5.41) is 9.73. The fourth-order valence-electron chi connectivity index (χ4n) is 2.73. The zero-order valence-electron chi connectivity index (χ0n) is 13.0. The molecule has 0 unspecified atom stereocenters. The van der Waals surface area contributed by atoms with Gasteiger partial charge in [-0.05, 0) is 48.9 Å². The molecule has 1 aliphatic carbocycles. The Labute approximate surface area is 148 Å². The number of nitrogens with zero attached hydrogens (tertiary/aromatic N) is 1. The molecule has 3 aromatic rings. The summed E-state index contributed by atoms with van der Waals surface area (Å²) < 4.78 is 5.44. The van der Waals surface area contributed by atoms with Crippen LogP contribution in [0.5, 0.6) is 0 Å². The Kier molecular flexibility index (Phi) is 3.70. The van der Waals surface area contributed by atoms with Gasteiger partial charge in [0.25, 0.3) is 0 Å². The van der Waals surface area contributed by atoms with Crippen LogP contribution in [0.1, 0.15) is 24.1 Å². The number of carbonyl (C=O) groups excluding carboxylic acids is 1. The van der Waals surface area contributed by atoms with Gasteiger partial charge in [0, 0.05) is 16.8 Å². The smallest absolute Gasteiger partial charge is 0.236 e. The maximum Gasteiger partial charge on any atom is 0.236 e. The number of anilines is 1. The molecule has 0 saturated heterocycles. The van der Waals surface area contributed by atoms with Gasteiger partial charge in [0.15, 0.2) is 5.76 Å². The number of aryl methyl sites for hydroxylation is 1. The maximum atomic E-state index is 12.8. The predicted molar refractivity (Wildman–Crippen MR) is 95.5 cm³/mol. The molecule has 0 bridgehead atoms. The van der Waals surface area contributed by atoms with Crippen LogP contribution in [0.2, 0.25) is 5.02 Å². The summed E-state index contributed by atoms with van der Waals surface area (Å²) in [5.74, 6) is 0.650. The Hall–Kier alpha value is -2.11. The average Bonchev–Trinajstić information content (AvgIpc) is 3.00. The normalized spacial score (nSPS) is 15.2. The molecule has 0 aliphatic heterocycles. The Morgan fingerprint density at radius 2 is 2.17 bits per heavy atom. The minimum absolute atomic E-state index is 0.0566. The summed E-state index contributed by atoms with van der Waals surface area (Å²) in [4.78, 5) is 13.8. The molecule has 1 N–H and O–H groups in total. The molecule has 4 nitrogen and oxygen atoms in total. The number of benzene rings is 1. The maximum absolute atomic E-state index is 12.8. The summed E-state index contributed by atoms with van der Waals surface area (Å²) in [6, 6.07) is 11.3. The zero-order valence-corrected chi connectivity index (χ0v) is 14.6. The van der Waals surface area contributed by atoms with Gasteiger partial charge in [-0.2, -0.15) is 0 Å². The lowest BCUT2D eigenvalue weighted by atomic mass is 10.0. The lowest BCUT2D eigenvalue weighted by molar-refractivity contribution is -0.118. The molecule has 1 aromatic carbocycles. The van der Waals surface area contributed by atoms with Gasteiger partial charge >= 0.3 is 0 Å². The van der Waals surface area contributed by atoms with Gasteiger partial charge < -0.3 is 9.84 Å². The molecule has 1 amide bonds. The third-order valence-corrected chi connectivity index (χ3v) is 5.52. The van der Waals surface area contributed by atoms with E-state index in [0.29, 0.717) is 16.5 Å². The molecule has 1 aliphatic rings. The van der Waals surface area contributed by atoms with Crippen molar-refractivity contribution in [2.24, 2.45) is 0 Å². The number of halogens is 1. The third kappa shape index (κ3) is 2.64. The second-order valence-corrected chi connectivity index (χ2v) is 7.43. The first kappa shape index (κ1) is 15.4. The van der Waals surface area contributed by atoms with Crippen molar-refractivity contribution >= 4 is 34.5 Å². The molecule has 2 heterocycles. The highest BCUT2D eigenvalue weighted by Crippen LogP contribution is 2.49. The van der Waals surface area contributed by atoms with Crippen LogP contribution in [-0.2, 0) is 10.2 Å². The minimum atomic E-state index is -0.590. The highest BCUT2D eigenvalue weighted by molar-refractivity contribution is 7.13.